The van der Waals surface area contributed by atoms with Gasteiger partial charge in [0.25, 0.3) is 0 Å². The minimum absolute atomic E-state index is 0.0639. The van der Waals surface area contributed by atoms with Crippen LogP contribution in [0.5, 0.6) is 0 Å². The van der Waals surface area contributed by atoms with Gasteiger partial charge < -0.3 is 19.8 Å². The molecule has 2 rings (SSSR count). The molecule has 0 aliphatic carbocycles. The Labute approximate surface area is 126 Å². The van der Waals surface area contributed by atoms with Gasteiger partial charge in [0, 0.05) is 45.3 Å². The Hall–Kier alpha value is -1.34. The molecular weight excluding hydrogens is 272 g/mol. The van der Waals surface area contributed by atoms with Gasteiger partial charge in [-0.05, 0) is 26.9 Å². The molecule has 0 bridgehead atoms. The molecule has 0 aromatic heterocycles. The van der Waals surface area contributed by atoms with Gasteiger partial charge in [-0.1, -0.05) is 0 Å². The fraction of sp³-hybridized carbons (Fsp3) is 0.857. The van der Waals surface area contributed by atoms with E-state index in [1.165, 1.54) is 0 Å². The monoisotopic (exact) mass is 298 g/mol. The van der Waals surface area contributed by atoms with Crippen molar-refractivity contribution in [2.75, 3.05) is 59.9 Å². The molecule has 1 atom stereocenters. The maximum absolute atomic E-state index is 12.5. The number of nitrogens with zero attached hydrogens (tertiary/aromatic N) is 4. The lowest BCUT2D eigenvalue weighted by atomic mass is 10.2. The molecule has 0 spiro atoms. The molecule has 0 aromatic carbocycles. The van der Waals surface area contributed by atoms with E-state index in [0.29, 0.717) is 19.1 Å². The van der Waals surface area contributed by atoms with Gasteiger partial charge in [-0.15, -0.1) is 0 Å². The lowest BCUT2D eigenvalue weighted by Gasteiger charge is -2.27. The summed E-state index contributed by atoms with van der Waals surface area (Å²) in [6.45, 7) is 4.40. The number of aliphatic carboxylic acids is 1. The van der Waals surface area contributed by atoms with Crippen LogP contribution in [0.25, 0.3) is 0 Å². The second kappa shape index (κ2) is 7.09. The first-order valence-electron chi connectivity index (χ1n) is 7.62. The normalized spacial score (nSPS) is 24.4. The highest BCUT2D eigenvalue weighted by Crippen LogP contribution is 2.16. The molecule has 7 heteroatoms. The number of carbonyl (C=O) groups is 2. The summed E-state index contributed by atoms with van der Waals surface area (Å²) in [5.41, 5.74) is 0. The summed E-state index contributed by atoms with van der Waals surface area (Å²) in [4.78, 5) is 31.2. The summed E-state index contributed by atoms with van der Waals surface area (Å²) in [6.07, 6.45) is 1.86. The van der Waals surface area contributed by atoms with Crippen LogP contribution in [0.2, 0.25) is 0 Å². The molecule has 2 amide bonds. The fourth-order valence-corrected chi connectivity index (χ4v) is 3.05. The van der Waals surface area contributed by atoms with Crippen LogP contribution in [-0.2, 0) is 4.79 Å². The number of carboxylic acid groups (broad SMARTS) is 1. The molecule has 120 valence electrons. The zero-order valence-electron chi connectivity index (χ0n) is 13.0. The van der Waals surface area contributed by atoms with E-state index < -0.39 is 5.97 Å². The maximum Gasteiger partial charge on any atom is 0.320 e. The van der Waals surface area contributed by atoms with Crippen LogP contribution < -0.4 is 0 Å². The highest BCUT2D eigenvalue weighted by molar-refractivity contribution is 5.75. The molecule has 2 heterocycles. The molecule has 2 aliphatic heterocycles. The summed E-state index contributed by atoms with van der Waals surface area (Å²) in [6, 6.07) is 0.556. The number of carbonyl (C=O) groups excluding carboxylic acids is 1. The first-order chi connectivity index (χ1) is 9.97. The molecule has 2 fully saturated rings. The van der Waals surface area contributed by atoms with E-state index in [2.05, 4.69) is 4.90 Å². The van der Waals surface area contributed by atoms with E-state index >= 15 is 0 Å². The molecule has 7 nitrogen and oxygen atoms in total. The van der Waals surface area contributed by atoms with E-state index in [1.54, 1.807) is 0 Å². The zero-order valence-corrected chi connectivity index (χ0v) is 13.0. The summed E-state index contributed by atoms with van der Waals surface area (Å²) >= 11 is 0. The van der Waals surface area contributed by atoms with Crippen molar-refractivity contribution in [1.29, 1.82) is 0 Å². The Kier molecular flexibility index (Phi) is 5.41. The minimum atomic E-state index is -0.803. The molecule has 21 heavy (non-hydrogen) atoms. The Morgan fingerprint density at radius 1 is 1.10 bits per heavy atom. The predicted octanol–water partition coefficient (Wildman–Crippen LogP) is -0.165. The number of amides is 2. The Morgan fingerprint density at radius 2 is 1.86 bits per heavy atom. The number of rotatable bonds is 3. The van der Waals surface area contributed by atoms with Gasteiger partial charge in [0.1, 0.15) is 0 Å². The lowest BCUT2D eigenvalue weighted by molar-refractivity contribution is -0.138. The second-order valence-electron chi connectivity index (χ2n) is 6.15. The van der Waals surface area contributed by atoms with Crippen LogP contribution >= 0.6 is 0 Å². The highest BCUT2D eigenvalue weighted by atomic mass is 16.4. The summed E-state index contributed by atoms with van der Waals surface area (Å²) in [5, 5.41) is 8.85. The van der Waals surface area contributed by atoms with Crippen molar-refractivity contribution in [3.8, 4) is 0 Å². The van der Waals surface area contributed by atoms with Crippen molar-refractivity contribution < 1.29 is 14.7 Å². The lowest BCUT2D eigenvalue weighted by Crippen LogP contribution is -2.45. The maximum atomic E-state index is 12.5. The molecule has 0 aromatic rings. The number of hydrogen-bond acceptors (Lipinski definition) is 4. The van der Waals surface area contributed by atoms with Crippen LogP contribution in [0.15, 0.2) is 0 Å². The Balaban J connectivity index is 1.85. The van der Waals surface area contributed by atoms with Crippen LogP contribution in [0, 0.1) is 0 Å². The van der Waals surface area contributed by atoms with E-state index in [0.717, 1.165) is 39.0 Å². The number of carboxylic acids is 1. The quantitative estimate of drug-likeness (QED) is 0.784. The molecule has 2 saturated heterocycles. The fourth-order valence-electron chi connectivity index (χ4n) is 3.05. The van der Waals surface area contributed by atoms with Crippen molar-refractivity contribution in [3.05, 3.63) is 0 Å². The number of likely N-dealkylation sites (N-methyl/N-ethyl adjacent to an activating group) is 1. The van der Waals surface area contributed by atoms with Crippen molar-refractivity contribution in [1.82, 2.24) is 19.6 Å². The first-order valence-corrected chi connectivity index (χ1v) is 7.62. The predicted molar refractivity (Wildman–Crippen MR) is 79.3 cm³/mol. The molecule has 0 saturated carbocycles. The van der Waals surface area contributed by atoms with Crippen molar-refractivity contribution >= 4 is 12.0 Å². The zero-order chi connectivity index (χ0) is 15.4. The molecule has 2 aliphatic rings. The summed E-state index contributed by atoms with van der Waals surface area (Å²) < 4.78 is 0. The summed E-state index contributed by atoms with van der Waals surface area (Å²) in [7, 11) is 4.10. The number of likely N-dealkylation sites (tertiary alicyclic amines) is 1. The number of urea groups is 1. The second-order valence-corrected chi connectivity index (χ2v) is 6.15. The smallest absolute Gasteiger partial charge is 0.320 e. The first kappa shape index (κ1) is 16.0. The summed E-state index contributed by atoms with van der Waals surface area (Å²) in [5.74, 6) is -0.803. The van der Waals surface area contributed by atoms with Gasteiger partial charge in [0.2, 0.25) is 0 Å². The van der Waals surface area contributed by atoms with Crippen molar-refractivity contribution in [3.63, 3.8) is 0 Å². The van der Waals surface area contributed by atoms with Gasteiger partial charge in [0.05, 0.1) is 6.54 Å². The Bertz CT molecular complexity index is 388. The molecule has 1 unspecified atom stereocenters. The van der Waals surface area contributed by atoms with Crippen LogP contribution in [-0.4, -0.2) is 103 Å². The van der Waals surface area contributed by atoms with Crippen LogP contribution in [0.4, 0.5) is 4.79 Å². The standard InChI is InChI=1S/C14H26N4O3/c1-15(2)12-4-7-18(10-12)14(21)17-6-3-5-16(8-9-17)11-13(19)20/h12H,3-11H2,1-2H3,(H,19,20). The third-order valence-corrected chi connectivity index (χ3v) is 4.38. The Morgan fingerprint density at radius 3 is 2.48 bits per heavy atom. The molecule has 1 N–H and O–H groups in total. The van der Waals surface area contributed by atoms with Crippen LogP contribution in [0.1, 0.15) is 12.8 Å². The average Bonchev–Trinajstić information content (AvgIpc) is 2.80. The van der Waals surface area contributed by atoms with Gasteiger partial charge in [0.15, 0.2) is 0 Å². The van der Waals surface area contributed by atoms with Gasteiger partial charge in [-0.2, -0.15) is 0 Å². The van der Waals surface area contributed by atoms with E-state index in [1.807, 2.05) is 28.8 Å². The topological polar surface area (TPSA) is 67.3 Å². The van der Waals surface area contributed by atoms with Gasteiger partial charge in [-0.3, -0.25) is 9.69 Å². The minimum Gasteiger partial charge on any atom is -0.480 e. The SMILES string of the molecule is CN(C)C1CCN(C(=O)N2CCCN(CC(=O)O)CC2)C1. The van der Waals surface area contributed by atoms with Crippen LogP contribution in [0.3, 0.4) is 0 Å². The van der Waals surface area contributed by atoms with Gasteiger partial charge in [-0.25, -0.2) is 4.79 Å². The molecule has 0 radical (unpaired) electrons. The highest BCUT2D eigenvalue weighted by Gasteiger charge is 2.31. The molecular formula is C14H26N4O3. The van der Waals surface area contributed by atoms with E-state index in [-0.39, 0.29) is 12.6 Å². The van der Waals surface area contributed by atoms with E-state index in [4.69, 9.17) is 5.11 Å². The third-order valence-electron chi connectivity index (χ3n) is 4.38. The third kappa shape index (κ3) is 4.31. The average molecular weight is 298 g/mol. The van der Waals surface area contributed by atoms with Crippen molar-refractivity contribution in [2.24, 2.45) is 0 Å². The number of hydrogen-bond donors (Lipinski definition) is 1. The van der Waals surface area contributed by atoms with Crippen molar-refractivity contribution in [2.45, 2.75) is 18.9 Å². The van der Waals surface area contributed by atoms with E-state index in [9.17, 15) is 9.59 Å². The largest absolute Gasteiger partial charge is 0.480 e. The van der Waals surface area contributed by atoms with Gasteiger partial charge >= 0.3 is 12.0 Å².